The molecule has 54 heavy (non-hydrogen) atoms. The van der Waals surface area contributed by atoms with Crippen molar-refractivity contribution in [3.05, 3.63) is 75.5 Å². The molecule has 0 radical (unpaired) electrons. The van der Waals surface area contributed by atoms with E-state index in [0.29, 0.717) is 80.2 Å². The van der Waals surface area contributed by atoms with Crippen LogP contribution in [0.4, 0.5) is 9.18 Å². The van der Waals surface area contributed by atoms with Crippen molar-refractivity contribution in [3.63, 3.8) is 0 Å². The molecule has 3 saturated heterocycles. The number of benzene rings is 2. The normalized spacial score (nSPS) is 17.8. The van der Waals surface area contributed by atoms with Gasteiger partial charge in [0.1, 0.15) is 18.0 Å². The van der Waals surface area contributed by atoms with E-state index in [9.17, 15) is 28.4 Å². The van der Waals surface area contributed by atoms with Crippen LogP contribution in [0.3, 0.4) is 0 Å². The monoisotopic (exact) mass is 746 g/mol. The maximum Gasteiger partial charge on any atom is 0.408 e. The fraction of sp³-hybridized carbons (Fsp3) is 0.538. The van der Waals surface area contributed by atoms with Crippen LogP contribution in [0.5, 0.6) is 0 Å². The zero-order valence-corrected chi connectivity index (χ0v) is 31.4. The second-order valence-electron chi connectivity index (χ2n) is 15.5. The Kier molecular flexibility index (Phi) is 12.3. The number of piperidine rings is 1. The van der Waals surface area contributed by atoms with Gasteiger partial charge in [-0.2, -0.15) is 5.10 Å². The molecule has 4 heterocycles. The number of piperazine rings is 2. The van der Waals surface area contributed by atoms with E-state index in [1.165, 1.54) is 6.07 Å². The molecule has 14 nitrogen and oxygen atoms in total. The van der Waals surface area contributed by atoms with Gasteiger partial charge in [-0.05, 0) is 76.4 Å². The van der Waals surface area contributed by atoms with Crippen molar-refractivity contribution in [1.82, 2.24) is 40.0 Å². The Morgan fingerprint density at radius 3 is 2.15 bits per heavy atom. The van der Waals surface area contributed by atoms with Gasteiger partial charge in [0.05, 0.1) is 23.2 Å². The second kappa shape index (κ2) is 17.1. The summed E-state index contributed by atoms with van der Waals surface area (Å²) in [5.41, 5.74) is 0.404. The first kappa shape index (κ1) is 38.8. The Balaban J connectivity index is 0.900. The van der Waals surface area contributed by atoms with Gasteiger partial charge in [-0.1, -0.05) is 24.3 Å². The number of aromatic nitrogens is 2. The number of nitrogens with zero attached hydrogens (tertiary/aromatic N) is 6. The summed E-state index contributed by atoms with van der Waals surface area (Å²) in [5, 5.41) is 10.5. The highest BCUT2D eigenvalue weighted by Gasteiger charge is 2.30. The third kappa shape index (κ3) is 9.99. The number of ether oxygens (including phenoxy) is 1. The number of carbonyl (C=O) groups is 4. The molecular formula is C39H51FN8O6. The molecule has 6 rings (SSSR count). The van der Waals surface area contributed by atoms with Crippen molar-refractivity contribution >= 4 is 34.6 Å². The van der Waals surface area contributed by atoms with Gasteiger partial charge in [-0.15, -0.1) is 0 Å². The Hall–Kier alpha value is -4.89. The minimum atomic E-state index is -0.617. The van der Waals surface area contributed by atoms with Crippen LogP contribution in [0, 0.1) is 11.7 Å². The fourth-order valence-electron chi connectivity index (χ4n) is 7.41. The first-order chi connectivity index (χ1) is 25.8. The van der Waals surface area contributed by atoms with E-state index >= 15 is 0 Å². The maximum atomic E-state index is 15.0. The highest BCUT2D eigenvalue weighted by Crippen LogP contribution is 2.22. The molecule has 0 spiro atoms. The Bertz CT molecular complexity index is 1890. The molecule has 2 N–H and O–H groups in total. The lowest BCUT2D eigenvalue weighted by Crippen LogP contribution is -2.54. The predicted molar refractivity (Wildman–Crippen MR) is 200 cm³/mol. The lowest BCUT2D eigenvalue weighted by atomic mass is 9.96. The van der Waals surface area contributed by atoms with Crippen LogP contribution >= 0.6 is 0 Å². The Morgan fingerprint density at radius 1 is 0.833 bits per heavy atom. The SMILES string of the molecule is CC(C)(C)OC(=O)NCC(=O)N1CCN(CC2CCN(CC(=O)N3CCN(C(=O)c4cc(Cc5n[nH]c(=O)c6ccccc56)ccc4F)CC3)CC2)CC1. The quantitative estimate of drug-likeness (QED) is 0.336. The lowest BCUT2D eigenvalue weighted by molar-refractivity contribution is -0.134. The summed E-state index contributed by atoms with van der Waals surface area (Å²) >= 11 is 0. The Labute approximate surface area is 314 Å². The van der Waals surface area contributed by atoms with Crippen LogP contribution in [-0.4, -0.2) is 149 Å². The number of hydrogen-bond acceptors (Lipinski definition) is 9. The Morgan fingerprint density at radius 2 is 1.46 bits per heavy atom. The van der Waals surface area contributed by atoms with Crippen LogP contribution in [0.2, 0.25) is 0 Å². The number of fused-ring (bicyclic) bond motifs is 1. The molecule has 1 aromatic heterocycles. The van der Waals surface area contributed by atoms with Crippen LogP contribution in [0.15, 0.2) is 47.3 Å². The molecule has 3 fully saturated rings. The van der Waals surface area contributed by atoms with Crippen LogP contribution in [0.25, 0.3) is 10.8 Å². The molecule has 15 heteroatoms. The number of alkyl carbamates (subject to hydrolysis) is 1. The summed E-state index contributed by atoms with van der Waals surface area (Å²) in [6.45, 7) is 12.5. The second-order valence-corrected chi connectivity index (χ2v) is 15.5. The van der Waals surface area contributed by atoms with Crippen molar-refractivity contribution in [3.8, 4) is 0 Å². The number of hydrogen-bond donors (Lipinski definition) is 2. The summed E-state index contributed by atoms with van der Waals surface area (Å²) in [5.74, 6) is -0.569. The van der Waals surface area contributed by atoms with Gasteiger partial charge in [0, 0.05) is 70.7 Å². The summed E-state index contributed by atoms with van der Waals surface area (Å²) in [6, 6.07) is 11.6. The largest absolute Gasteiger partial charge is 0.444 e. The number of aromatic amines is 1. The van der Waals surface area contributed by atoms with Crippen molar-refractivity contribution in [2.45, 2.75) is 45.6 Å². The minimum Gasteiger partial charge on any atom is -0.444 e. The summed E-state index contributed by atoms with van der Waals surface area (Å²) < 4.78 is 20.2. The highest BCUT2D eigenvalue weighted by atomic mass is 19.1. The molecular weight excluding hydrogens is 695 g/mol. The van der Waals surface area contributed by atoms with Gasteiger partial charge in [0.15, 0.2) is 0 Å². The number of halogens is 1. The zero-order chi connectivity index (χ0) is 38.4. The summed E-state index contributed by atoms with van der Waals surface area (Å²) in [6.07, 6.45) is 1.71. The number of H-pyrrole nitrogens is 1. The van der Waals surface area contributed by atoms with E-state index in [4.69, 9.17) is 4.74 Å². The molecule has 290 valence electrons. The minimum absolute atomic E-state index is 0.0214. The summed E-state index contributed by atoms with van der Waals surface area (Å²) in [4.78, 5) is 73.1. The van der Waals surface area contributed by atoms with Gasteiger partial charge < -0.3 is 24.8 Å². The molecule has 2 aromatic carbocycles. The topological polar surface area (TPSA) is 151 Å². The molecule has 0 aliphatic carbocycles. The zero-order valence-electron chi connectivity index (χ0n) is 31.4. The van der Waals surface area contributed by atoms with Gasteiger partial charge in [0.25, 0.3) is 11.5 Å². The van der Waals surface area contributed by atoms with Crippen molar-refractivity contribution in [1.29, 1.82) is 0 Å². The molecule has 3 aliphatic heterocycles. The van der Waals surface area contributed by atoms with Crippen LogP contribution in [0.1, 0.15) is 55.2 Å². The van der Waals surface area contributed by atoms with Crippen LogP contribution in [-0.2, 0) is 20.7 Å². The van der Waals surface area contributed by atoms with Gasteiger partial charge in [-0.25, -0.2) is 14.3 Å². The van der Waals surface area contributed by atoms with E-state index in [1.54, 1.807) is 59.7 Å². The number of likely N-dealkylation sites (tertiary alicyclic amines) is 1. The summed E-state index contributed by atoms with van der Waals surface area (Å²) in [7, 11) is 0. The van der Waals surface area contributed by atoms with Gasteiger partial charge in [0.2, 0.25) is 11.8 Å². The predicted octanol–water partition coefficient (Wildman–Crippen LogP) is 2.32. The highest BCUT2D eigenvalue weighted by molar-refractivity contribution is 5.95. The third-order valence-electron chi connectivity index (χ3n) is 10.4. The number of nitrogens with one attached hydrogen (secondary N) is 2. The maximum absolute atomic E-state index is 15.0. The number of carbonyl (C=O) groups excluding carboxylic acids is 4. The number of amides is 4. The average molecular weight is 747 g/mol. The molecule has 3 aromatic rings. The first-order valence-electron chi connectivity index (χ1n) is 18.8. The van der Waals surface area contributed by atoms with Gasteiger partial charge >= 0.3 is 6.09 Å². The fourth-order valence-corrected chi connectivity index (χ4v) is 7.41. The lowest BCUT2D eigenvalue weighted by Gasteiger charge is -2.39. The van der Waals surface area contributed by atoms with Crippen LogP contribution < -0.4 is 10.9 Å². The van der Waals surface area contributed by atoms with E-state index in [2.05, 4.69) is 25.3 Å². The molecule has 0 saturated carbocycles. The van der Waals surface area contributed by atoms with Crippen molar-refractivity contribution < 1.29 is 28.3 Å². The third-order valence-corrected chi connectivity index (χ3v) is 10.4. The first-order valence-corrected chi connectivity index (χ1v) is 18.8. The molecule has 0 atom stereocenters. The van der Waals surface area contributed by atoms with E-state index in [0.717, 1.165) is 45.6 Å². The molecule has 3 aliphatic rings. The van der Waals surface area contributed by atoms with E-state index in [1.807, 2.05) is 12.1 Å². The standard InChI is InChI=1S/C39H51FN8O6/c1-39(2,3)54-38(53)41-24-34(49)46-16-14-45(15-17-46)25-27-10-12-44(13-11-27)26-35(50)47-18-20-48(21-19-47)37(52)31-22-28(8-9-32(31)40)23-33-29-6-4-5-7-30(29)36(51)43-42-33/h4-9,22,27H,10-21,23-26H2,1-3H3,(H,41,53)(H,43,51). The van der Waals surface area contributed by atoms with E-state index < -0.39 is 23.4 Å². The molecule has 4 amide bonds. The molecule has 0 bridgehead atoms. The van der Waals surface area contributed by atoms with Crippen molar-refractivity contribution in [2.75, 3.05) is 85.1 Å². The van der Waals surface area contributed by atoms with Gasteiger partial charge in [-0.3, -0.25) is 29.0 Å². The van der Waals surface area contributed by atoms with E-state index in [-0.39, 0.29) is 29.5 Å². The van der Waals surface area contributed by atoms with Crippen molar-refractivity contribution in [2.24, 2.45) is 5.92 Å². The smallest absolute Gasteiger partial charge is 0.408 e. The average Bonchev–Trinajstić information content (AvgIpc) is 3.16. The molecule has 0 unspecified atom stereocenters. The number of rotatable bonds is 9.